The zero-order valence-corrected chi connectivity index (χ0v) is 8.85. The van der Waals surface area contributed by atoms with E-state index in [1.807, 2.05) is 24.3 Å². The van der Waals surface area contributed by atoms with Crippen LogP contribution in [0.2, 0.25) is 0 Å². The van der Waals surface area contributed by atoms with Crippen molar-refractivity contribution < 1.29 is 14.6 Å². The number of hydrogen-bond donors (Lipinski definition) is 1. The Kier molecular flexibility index (Phi) is 3.23. The molecule has 15 heavy (non-hydrogen) atoms. The van der Waals surface area contributed by atoms with Crippen LogP contribution in [0.3, 0.4) is 0 Å². The van der Waals surface area contributed by atoms with Gasteiger partial charge in [-0.25, -0.2) is 0 Å². The Balaban J connectivity index is 2.12. The first-order valence-corrected chi connectivity index (χ1v) is 5.29. The summed E-state index contributed by atoms with van der Waals surface area (Å²) in [6.45, 7) is 3.16. The molecule has 0 spiro atoms. The van der Waals surface area contributed by atoms with E-state index >= 15 is 0 Å². The molecular formula is C12H16O3. The Morgan fingerprint density at radius 1 is 1.47 bits per heavy atom. The van der Waals surface area contributed by atoms with Gasteiger partial charge in [0.1, 0.15) is 11.9 Å². The molecule has 82 valence electrons. The van der Waals surface area contributed by atoms with Gasteiger partial charge in [-0.3, -0.25) is 0 Å². The van der Waals surface area contributed by atoms with Crippen molar-refractivity contribution in [1.82, 2.24) is 0 Å². The SMILES string of the molecule is C[C@@H](O)c1ccccc1OC1CCOC1. The van der Waals surface area contributed by atoms with E-state index in [0.29, 0.717) is 6.61 Å². The number of para-hydroxylation sites is 1. The molecular weight excluding hydrogens is 192 g/mol. The van der Waals surface area contributed by atoms with Crippen LogP contribution in [0.25, 0.3) is 0 Å². The predicted molar refractivity (Wildman–Crippen MR) is 56.9 cm³/mol. The average molecular weight is 208 g/mol. The average Bonchev–Trinajstić information content (AvgIpc) is 2.71. The van der Waals surface area contributed by atoms with Gasteiger partial charge >= 0.3 is 0 Å². The van der Waals surface area contributed by atoms with E-state index in [1.165, 1.54) is 0 Å². The lowest BCUT2D eigenvalue weighted by atomic mass is 10.1. The molecule has 1 aliphatic rings. The third-order valence-electron chi connectivity index (χ3n) is 2.55. The number of ether oxygens (including phenoxy) is 2. The summed E-state index contributed by atoms with van der Waals surface area (Å²) in [7, 11) is 0. The molecule has 3 nitrogen and oxygen atoms in total. The third kappa shape index (κ3) is 2.49. The first-order valence-electron chi connectivity index (χ1n) is 5.29. The standard InChI is InChI=1S/C12H16O3/c1-9(13)11-4-2-3-5-12(11)15-10-6-7-14-8-10/h2-5,9-10,13H,6-8H2,1H3/t9-,10?/m1/s1. The van der Waals surface area contributed by atoms with Gasteiger partial charge in [0, 0.05) is 12.0 Å². The topological polar surface area (TPSA) is 38.7 Å². The van der Waals surface area contributed by atoms with E-state index in [-0.39, 0.29) is 6.10 Å². The molecule has 0 amide bonds. The van der Waals surface area contributed by atoms with E-state index in [2.05, 4.69) is 0 Å². The van der Waals surface area contributed by atoms with Crippen LogP contribution >= 0.6 is 0 Å². The number of benzene rings is 1. The summed E-state index contributed by atoms with van der Waals surface area (Å²) < 4.78 is 11.0. The second-order valence-corrected chi connectivity index (χ2v) is 3.82. The fraction of sp³-hybridized carbons (Fsp3) is 0.500. The fourth-order valence-corrected chi connectivity index (χ4v) is 1.72. The molecule has 0 bridgehead atoms. The highest BCUT2D eigenvalue weighted by molar-refractivity contribution is 5.34. The van der Waals surface area contributed by atoms with Crippen molar-refractivity contribution in [3.05, 3.63) is 29.8 Å². The summed E-state index contributed by atoms with van der Waals surface area (Å²) in [5.74, 6) is 0.767. The molecule has 3 heteroatoms. The molecule has 1 heterocycles. The minimum Gasteiger partial charge on any atom is -0.488 e. The molecule has 1 fully saturated rings. The van der Waals surface area contributed by atoms with E-state index in [0.717, 1.165) is 24.3 Å². The van der Waals surface area contributed by atoms with Gasteiger partial charge in [0.25, 0.3) is 0 Å². The van der Waals surface area contributed by atoms with E-state index in [1.54, 1.807) is 6.92 Å². The van der Waals surface area contributed by atoms with Gasteiger partial charge in [-0.1, -0.05) is 18.2 Å². The molecule has 0 aromatic heterocycles. The normalized spacial score (nSPS) is 22.7. The highest BCUT2D eigenvalue weighted by Crippen LogP contribution is 2.26. The third-order valence-corrected chi connectivity index (χ3v) is 2.55. The Bertz CT molecular complexity index is 316. The minimum atomic E-state index is -0.497. The smallest absolute Gasteiger partial charge is 0.125 e. The van der Waals surface area contributed by atoms with Crippen LogP contribution in [0.1, 0.15) is 25.0 Å². The van der Waals surface area contributed by atoms with Crippen LogP contribution < -0.4 is 4.74 Å². The molecule has 0 aliphatic carbocycles. The number of aliphatic hydroxyl groups is 1. The van der Waals surface area contributed by atoms with Crippen LogP contribution in [0.4, 0.5) is 0 Å². The van der Waals surface area contributed by atoms with Crippen molar-refractivity contribution in [3.8, 4) is 5.75 Å². The van der Waals surface area contributed by atoms with Crippen LogP contribution in [-0.4, -0.2) is 24.4 Å². The lowest BCUT2D eigenvalue weighted by molar-refractivity contribution is 0.135. The van der Waals surface area contributed by atoms with Gasteiger partial charge in [-0.05, 0) is 13.0 Å². The Morgan fingerprint density at radius 2 is 2.27 bits per heavy atom. The van der Waals surface area contributed by atoms with Crippen molar-refractivity contribution in [2.45, 2.75) is 25.6 Å². The summed E-state index contributed by atoms with van der Waals surface area (Å²) in [6.07, 6.45) is 0.558. The first kappa shape index (κ1) is 10.5. The maximum absolute atomic E-state index is 9.57. The van der Waals surface area contributed by atoms with Gasteiger partial charge in [0.15, 0.2) is 0 Å². The van der Waals surface area contributed by atoms with E-state index in [4.69, 9.17) is 9.47 Å². The molecule has 1 N–H and O–H groups in total. The van der Waals surface area contributed by atoms with E-state index in [9.17, 15) is 5.11 Å². The summed E-state index contributed by atoms with van der Waals surface area (Å²) in [6, 6.07) is 7.59. The Hall–Kier alpha value is -1.06. The summed E-state index contributed by atoms with van der Waals surface area (Å²) >= 11 is 0. The quantitative estimate of drug-likeness (QED) is 0.824. The molecule has 1 aromatic carbocycles. The number of hydrogen-bond acceptors (Lipinski definition) is 3. The van der Waals surface area contributed by atoms with Crippen molar-refractivity contribution in [1.29, 1.82) is 0 Å². The van der Waals surface area contributed by atoms with E-state index < -0.39 is 6.10 Å². The van der Waals surface area contributed by atoms with Gasteiger partial charge in [-0.15, -0.1) is 0 Å². The largest absolute Gasteiger partial charge is 0.488 e. The zero-order valence-electron chi connectivity index (χ0n) is 8.85. The molecule has 1 saturated heterocycles. The first-order chi connectivity index (χ1) is 7.27. The summed E-state index contributed by atoms with van der Waals surface area (Å²) in [5.41, 5.74) is 0.837. The monoisotopic (exact) mass is 208 g/mol. The zero-order chi connectivity index (χ0) is 10.7. The predicted octanol–water partition coefficient (Wildman–Crippen LogP) is 1.91. The van der Waals surface area contributed by atoms with Crippen LogP contribution in [0.5, 0.6) is 5.75 Å². The lowest BCUT2D eigenvalue weighted by Crippen LogP contribution is -2.16. The van der Waals surface area contributed by atoms with Crippen molar-refractivity contribution in [2.24, 2.45) is 0 Å². The minimum absolute atomic E-state index is 0.130. The fourth-order valence-electron chi connectivity index (χ4n) is 1.72. The second kappa shape index (κ2) is 4.64. The highest BCUT2D eigenvalue weighted by atomic mass is 16.5. The molecule has 2 atom stereocenters. The van der Waals surface area contributed by atoms with Crippen LogP contribution in [0.15, 0.2) is 24.3 Å². The molecule has 0 saturated carbocycles. The molecule has 2 rings (SSSR count). The van der Waals surface area contributed by atoms with Gasteiger partial charge < -0.3 is 14.6 Å². The van der Waals surface area contributed by atoms with Crippen molar-refractivity contribution in [2.75, 3.05) is 13.2 Å². The molecule has 0 radical (unpaired) electrons. The highest BCUT2D eigenvalue weighted by Gasteiger charge is 2.19. The van der Waals surface area contributed by atoms with Crippen molar-refractivity contribution in [3.63, 3.8) is 0 Å². The van der Waals surface area contributed by atoms with Gasteiger partial charge in [0.05, 0.1) is 19.3 Å². The van der Waals surface area contributed by atoms with Crippen LogP contribution in [-0.2, 0) is 4.74 Å². The Labute approximate surface area is 89.6 Å². The molecule has 1 aliphatic heterocycles. The second-order valence-electron chi connectivity index (χ2n) is 3.82. The maximum Gasteiger partial charge on any atom is 0.125 e. The lowest BCUT2D eigenvalue weighted by Gasteiger charge is -2.16. The van der Waals surface area contributed by atoms with Crippen molar-refractivity contribution >= 4 is 0 Å². The van der Waals surface area contributed by atoms with Gasteiger partial charge in [0.2, 0.25) is 0 Å². The van der Waals surface area contributed by atoms with Gasteiger partial charge in [-0.2, -0.15) is 0 Å². The number of rotatable bonds is 3. The molecule has 1 aromatic rings. The Morgan fingerprint density at radius 3 is 2.93 bits per heavy atom. The number of aliphatic hydroxyl groups excluding tert-OH is 1. The maximum atomic E-state index is 9.57. The van der Waals surface area contributed by atoms with Crippen LogP contribution in [0, 0.1) is 0 Å². The molecule has 1 unspecified atom stereocenters. The summed E-state index contributed by atoms with van der Waals surface area (Å²) in [4.78, 5) is 0. The summed E-state index contributed by atoms with van der Waals surface area (Å²) in [5, 5.41) is 9.57.